The molecule has 0 saturated heterocycles. The lowest BCUT2D eigenvalue weighted by molar-refractivity contribution is 0.0978. The average molecular weight is 274 g/mol. The van der Waals surface area contributed by atoms with Crippen molar-refractivity contribution in [1.82, 2.24) is 4.98 Å². The van der Waals surface area contributed by atoms with Crippen molar-refractivity contribution in [3.05, 3.63) is 41.0 Å². The van der Waals surface area contributed by atoms with Crippen LogP contribution in [0.25, 0.3) is 6.08 Å². The maximum atomic E-state index is 12.4. The van der Waals surface area contributed by atoms with Gasteiger partial charge < -0.3 is 4.98 Å². The van der Waals surface area contributed by atoms with Crippen molar-refractivity contribution in [3.8, 4) is 0 Å². The zero-order valence-electron chi connectivity index (χ0n) is 11.5. The lowest BCUT2D eigenvalue weighted by atomic mass is 10.0. The molecule has 1 radical (unpaired) electrons. The van der Waals surface area contributed by atoms with Crippen molar-refractivity contribution in [2.75, 3.05) is 0 Å². The number of fused-ring (bicyclic) bond motifs is 1. The molecule has 18 heavy (non-hydrogen) atoms. The van der Waals surface area contributed by atoms with E-state index in [2.05, 4.69) is 49.4 Å². The largest absolute Gasteiger partial charge is 0.381 e. The molecular formula is C14H20NOSi2. The molecule has 0 saturated carbocycles. The fraction of sp³-hybridized carbons (Fsp3) is 0.357. The molecule has 0 spiro atoms. The molecular weight excluding hydrogens is 254 g/mol. The van der Waals surface area contributed by atoms with E-state index in [1.165, 1.54) is 5.56 Å². The van der Waals surface area contributed by atoms with Crippen molar-refractivity contribution in [2.24, 2.45) is 0 Å². The molecule has 1 aromatic rings. The predicted molar refractivity (Wildman–Crippen MR) is 81.6 cm³/mol. The first-order valence-electron chi connectivity index (χ1n) is 6.33. The third-order valence-corrected chi connectivity index (χ3v) is 15.0. The Kier molecular flexibility index (Phi) is 3.59. The highest BCUT2D eigenvalue weighted by Crippen LogP contribution is 2.23. The molecule has 2 rings (SSSR count). The first kappa shape index (κ1) is 13.3. The zero-order valence-corrected chi connectivity index (χ0v) is 13.5. The summed E-state index contributed by atoms with van der Waals surface area (Å²) >= 11 is 0. The van der Waals surface area contributed by atoms with Crippen LogP contribution in [0.3, 0.4) is 0 Å². The Bertz CT molecular complexity index is 507. The van der Waals surface area contributed by atoms with Crippen LogP contribution in [0.1, 0.15) is 21.5 Å². The van der Waals surface area contributed by atoms with E-state index < -0.39 is 16.1 Å². The molecule has 0 heterocycles. The summed E-state index contributed by atoms with van der Waals surface area (Å²) in [6.07, 6.45) is 5.15. The minimum atomic E-state index is -1.58. The van der Waals surface area contributed by atoms with Crippen molar-refractivity contribution >= 4 is 28.1 Å². The average Bonchev–Trinajstić information content (AvgIpc) is 2.75. The second-order valence-corrected chi connectivity index (χ2v) is 17.8. The number of allylic oxidation sites excluding steroid dienone is 1. The van der Waals surface area contributed by atoms with E-state index >= 15 is 0 Å². The Morgan fingerprint density at radius 1 is 1.33 bits per heavy atom. The van der Waals surface area contributed by atoms with Crippen LogP contribution in [0.15, 0.2) is 24.3 Å². The third kappa shape index (κ3) is 2.49. The first-order valence-corrected chi connectivity index (χ1v) is 12.8. The van der Waals surface area contributed by atoms with Crippen molar-refractivity contribution in [2.45, 2.75) is 32.6 Å². The summed E-state index contributed by atoms with van der Waals surface area (Å²) in [6, 6.07) is 6.02. The van der Waals surface area contributed by atoms with Crippen LogP contribution in [-0.2, 0) is 6.42 Å². The molecule has 1 aliphatic carbocycles. The molecule has 0 aromatic heterocycles. The standard InChI is InChI=1S/C14H20NOSi2/c1-17(2)18(3,4)15-14(16)13-10-6-8-11-7-5-9-12(11)13/h5-6,8-10H,7H2,1-4H3,(H,15,16). The van der Waals surface area contributed by atoms with Gasteiger partial charge in [-0.05, 0) is 23.6 Å². The van der Waals surface area contributed by atoms with Gasteiger partial charge in [0.1, 0.15) is 7.75 Å². The van der Waals surface area contributed by atoms with E-state index in [1.807, 2.05) is 12.1 Å². The van der Waals surface area contributed by atoms with E-state index in [1.54, 1.807) is 0 Å². The van der Waals surface area contributed by atoms with E-state index in [4.69, 9.17) is 0 Å². The fourth-order valence-corrected chi connectivity index (χ4v) is 4.01. The Balaban J connectivity index is 2.26. The second-order valence-electron chi connectivity index (χ2n) is 5.56. The number of hydrogen-bond acceptors (Lipinski definition) is 1. The topological polar surface area (TPSA) is 29.1 Å². The highest BCUT2D eigenvalue weighted by atomic mass is 29.2. The number of carbonyl (C=O) groups excluding carboxylic acids is 1. The summed E-state index contributed by atoms with van der Waals surface area (Å²) in [5.74, 6) is 0.112. The summed E-state index contributed by atoms with van der Waals surface area (Å²) in [7, 11) is -2.02. The van der Waals surface area contributed by atoms with Gasteiger partial charge in [-0.3, -0.25) is 4.79 Å². The number of hydrogen-bond donors (Lipinski definition) is 1. The number of rotatable bonds is 3. The van der Waals surface area contributed by atoms with Gasteiger partial charge in [0.2, 0.25) is 5.91 Å². The summed E-state index contributed by atoms with van der Waals surface area (Å²) in [5, 5.41) is 0. The summed E-state index contributed by atoms with van der Waals surface area (Å²) in [5.41, 5.74) is 3.21. The minimum absolute atomic E-state index is 0.112. The van der Waals surface area contributed by atoms with Crippen LogP contribution in [-0.4, -0.2) is 22.0 Å². The number of carbonyl (C=O) groups is 1. The van der Waals surface area contributed by atoms with Gasteiger partial charge in [0.05, 0.1) is 8.31 Å². The van der Waals surface area contributed by atoms with Crippen LogP contribution >= 0.6 is 0 Å². The molecule has 0 unspecified atom stereocenters. The molecule has 1 amide bonds. The molecule has 2 nitrogen and oxygen atoms in total. The zero-order chi connectivity index (χ0) is 13.3. The molecule has 1 N–H and O–H groups in total. The second kappa shape index (κ2) is 4.86. The SMILES string of the molecule is C[Si](C)[Si](C)(C)NC(=O)c1cccc2c1C=CC2. The summed E-state index contributed by atoms with van der Waals surface area (Å²) in [6.45, 7) is 9.06. The van der Waals surface area contributed by atoms with Crippen molar-refractivity contribution in [1.29, 1.82) is 0 Å². The van der Waals surface area contributed by atoms with E-state index in [0.29, 0.717) is 0 Å². The van der Waals surface area contributed by atoms with Gasteiger partial charge in [-0.2, -0.15) is 0 Å². The van der Waals surface area contributed by atoms with Gasteiger partial charge in [-0.1, -0.05) is 50.5 Å². The monoisotopic (exact) mass is 274 g/mol. The molecule has 95 valence electrons. The molecule has 1 aromatic carbocycles. The number of benzene rings is 1. The van der Waals surface area contributed by atoms with E-state index in [-0.39, 0.29) is 5.91 Å². The maximum Gasteiger partial charge on any atom is 0.243 e. The van der Waals surface area contributed by atoms with Crippen LogP contribution in [0.4, 0.5) is 0 Å². The highest BCUT2D eigenvalue weighted by molar-refractivity contribution is 7.30. The minimum Gasteiger partial charge on any atom is -0.381 e. The first-order chi connectivity index (χ1) is 8.42. The normalized spacial score (nSPS) is 13.8. The highest BCUT2D eigenvalue weighted by Gasteiger charge is 2.29. The van der Waals surface area contributed by atoms with Crippen LogP contribution in [0.2, 0.25) is 26.2 Å². The Labute approximate surface area is 112 Å². The third-order valence-electron chi connectivity index (χ3n) is 3.74. The quantitative estimate of drug-likeness (QED) is 0.844. The smallest absolute Gasteiger partial charge is 0.243 e. The molecule has 0 aliphatic heterocycles. The summed E-state index contributed by atoms with van der Waals surface area (Å²) in [4.78, 5) is 15.7. The maximum absolute atomic E-state index is 12.4. The van der Waals surface area contributed by atoms with Crippen LogP contribution < -0.4 is 4.98 Å². The molecule has 0 bridgehead atoms. The van der Waals surface area contributed by atoms with E-state index in [9.17, 15) is 4.79 Å². The lowest BCUT2D eigenvalue weighted by Crippen LogP contribution is -2.57. The van der Waals surface area contributed by atoms with Crippen molar-refractivity contribution < 1.29 is 4.79 Å². The summed E-state index contributed by atoms with van der Waals surface area (Å²) < 4.78 is 0. The van der Waals surface area contributed by atoms with Crippen LogP contribution in [0, 0.1) is 0 Å². The Morgan fingerprint density at radius 3 is 2.72 bits per heavy atom. The van der Waals surface area contributed by atoms with Gasteiger partial charge >= 0.3 is 0 Å². The molecule has 0 fully saturated rings. The van der Waals surface area contributed by atoms with Gasteiger partial charge in [0.25, 0.3) is 0 Å². The molecule has 4 heteroatoms. The number of nitrogens with one attached hydrogen (secondary N) is 1. The lowest BCUT2D eigenvalue weighted by Gasteiger charge is -2.27. The van der Waals surface area contributed by atoms with Crippen molar-refractivity contribution in [3.63, 3.8) is 0 Å². The Hall–Kier alpha value is -1.14. The van der Waals surface area contributed by atoms with E-state index in [0.717, 1.165) is 17.5 Å². The molecule has 0 atom stereocenters. The van der Waals surface area contributed by atoms with Gasteiger partial charge in [-0.15, -0.1) is 0 Å². The Morgan fingerprint density at radius 2 is 2.06 bits per heavy atom. The van der Waals surface area contributed by atoms with Gasteiger partial charge in [0.15, 0.2) is 0 Å². The molecule has 1 aliphatic rings. The van der Waals surface area contributed by atoms with Crippen LogP contribution in [0.5, 0.6) is 0 Å². The van der Waals surface area contributed by atoms with Gasteiger partial charge in [-0.25, -0.2) is 0 Å². The fourth-order valence-electron chi connectivity index (χ4n) is 1.97. The van der Waals surface area contributed by atoms with Gasteiger partial charge in [0, 0.05) is 5.56 Å². The predicted octanol–water partition coefficient (Wildman–Crippen LogP) is 3.02. The number of amides is 1.